The van der Waals surface area contributed by atoms with Crippen molar-refractivity contribution in [2.45, 2.75) is 19.4 Å². The first kappa shape index (κ1) is 18.9. The molecule has 3 aromatic carbocycles. The standard InChI is InChI=1S/C24H23NO4/c1-2-27-20-11-8-17(9-12-20)21(25-19-6-4-3-5-7-19)15-22(26)18-10-13-23-24(14-18)29-16-28-23/h3-14,21,25H,2,15-16H2,1H3. The van der Waals surface area contributed by atoms with Gasteiger partial charge < -0.3 is 19.5 Å². The number of carbonyl (C=O) groups is 1. The average Bonchev–Trinajstić information content (AvgIpc) is 3.23. The van der Waals surface area contributed by atoms with Gasteiger partial charge in [-0.25, -0.2) is 0 Å². The van der Waals surface area contributed by atoms with Gasteiger partial charge in [0.05, 0.1) is 12.6 Å². The second kappa shape index (κ2) is 8.69. The number of ether oxygens (including phenoxy) is 3. The van der Waals surface area contributed by atoms with Gasteiger partial charge in [-0.1, -0.05) is 30.3 Å². The molecule has 148 valence electrons. The number of benzene rings is 3. The molecule has 29 heavy (non-hydrogen) atoms. The van der Waals surface area contributed by atoms with Gasteiger partial charge in [-0.15, -0.1) is 0 Å². The molecule has 0 fully saturated rings. The molecule has 0 saturated carbocycles. The van der Waals surface area contributed by atoms with Crippen molar-refractivity contribution in [3.8, 4) is 17.2 Å². The van der Waals surface area contributed by atoms with Gasteiger partial charge in [0.25, 0.3) is 0 Å². The summed E-state index contributed by atoms with van der Waals surface area (Å²) in [6.45, 7) is 2.77. The average molecular weight is 389 g/mol. The fraction of sp³-hybridized carbons (Fsp3) is 0.208. The van der Waals surface area contributed by atoms with Crippen molar-refractivity contribution in [2.75, 3.05) is 18.7 Å². The van der Waals surface area contributed by atoms with Crippen LogP contribution in [0.3, 0.4) is 0 Å². The monoisotopic (exact) mass is 389 g/mol. The maximum Gasteiger partial charge on any atom is 0.231 e. The summed E-state index contributed by atoms with van der Waals surface area (Å²) in [6.07, 6.45) is 0.308. The summed E-state index contributed by atoms with van der Waals surface area (Å²) >= 11 is 0. The van der Waals surface area contributed by atoms with Gasteiger partial charge in [0, 0.05) is 17.7 Å². The van der Waals surface area contributed by atoms with Crippen LogP contribution in [-0.4, -0.2) is 19.2 Å². The maximum absolute atomic E-state index is 13.0. The lowest BCUT2D eigenvalue weighted by atomic mass is 9.97. The van der Waals surface area contributed by atoms with E-state index in [-0.39, 0.29) is 18.6 Å². The smallest absolute Gasteiger partial charge is 0.231 e. The minimum Gasteiger partial charge on any atom is -0.494 e. The van der Waals surface area contributed by atoms with Crippen LogP contribution >= 0.6 is 0 Å². The number of carbonyl (C=O) groups excluding carboxylic acids is 1. The van der Waals surface area contributed by atoms with Crippen LogP contribution in [0.25, 0.3) is 0 Å². The molecule has 0 amide bonds. The van der Waals surface area contributed by atoms with Crippen molar-refractivity contribution in [1.29, 1.82) is 0 Å². The molecule has 1 aliphatic heterocycles. The van der Waals surface area contributed by atoms with Crippen molar-refractivity contribution in [2.24, 2.45) is 0 Å². The van der Waals surface area contributed by atoms with Crippen LogP contribution in [0.4, 0.5) is 5.69 Å². The van der Waals surface area contributed by atoms with Crippen LogP contribution in [0.15, 0.2) is 72.8 Å². The van der Waals surface area contributed by atoms with Crippen molar-refractivity contribution in [3.63, 3.8) is 0 Å². The van der Waals surface area contributed by atoms with E-state index in [9.17, 15) is 4.79 Å². The van der Waals surface area contributed by atoms with Gasteiger partial charge in [0.2, 0.25) is 6.79 Å². The normalized spacial score (nSPS) is 13.0. The highest BCUT2D eigenvalue weighted by Gasteiger charge is 2.20. The van der Waals surface area contributed by atoms with Gasteiger partial charge >= 0.3 is 0 Å². The van der Waals surface area contributed by atoms with Gasteiger partial charge in [-0.3, -0.25) is 4.79 Å². The van der Waals surface area contributed by atoms with Crippen molar-refractivity contribution < 1.29 is 19.0 Å². The highest BCUT2D eigenvalue weighted by atomic mass is 16.7. The number of nitrogens with one attached hydrogen (secondary N) is 1. The third-order valence-electron chi connectivity index (χ3n) is 4.79. The lowest BCUT2D eigenvalue weighted by Crippen LogP contribution is -2.16. The number of rotatable bonds is 8. The number of hydrogen-bond donors (Lipinski definition) is 1. The topological polar surface area (TPSA) is 56.8 Å². The Morgan fingerprint density at radius 2 is 1.76 bits per heavy atom. The molecule has 5 heteroatoms. The number of hydrogen-bond acceptors (Lipinski definition) is 5. The van der Waals surface area contributed by atoms with Crippen molar-refractivity contribution in [1.82, 2.24) is 0 Å². The molecule has 5 nitrogen and oxygen atoms in total. The van der Waals surface area contributed by atoms with E-state index in [4.69, 9.17) is 14.2 Å². The second-order valence-electron chi connectivity index (χ2n) is 6.76. The Hall–Kier alpha value is -3.47. The van der Waals surface area contributed by atoms with Crippen LogP contribution in [0, 0.1) is 0 Å². The molecule has 0 radical (unpaired) electrons. The van der Waals surface area contributed by atoms with E-state index >= 15 is 0 Å². The van der Waals surface area contributed by atoms with E-state index in [1.807, 2.05) is 61.5 Å². The summed E-state index contributed by atoms with van der Waals surface area (Å²) in [5, 5.41) is 3.48. The van der Waals surface area contributed by atoms with Gasteiger partial charge in [0.15, 0.2) is 17.3 Å². The molecule has 1 atom stereocenters. The third-order valence-corrected chi connectivity index (χ3v) is 4.79. The molecular formula is C24H23NO4. The molecule has 4 rings (SSSR count). The molecule has 3 aromatic rings. The predicted octanol–water partition coefficient (Wildman–Crippen LogP) is 5.24. The van der Waals surface area contributed by atoms with Crippen molar-refractivity contribution >= 4 is 11.5 Å². The Balaban J connectivity index is 1.56. The Kier molecular flexibility index (Phi) is 5.66. The minimum absolute atomic E-state index is 0.0330. The number of Topliss-reactive ketones (excluding diaryl/α,β-unsaturated/α-hetero) is 1. The minimum atomic E-state index is -0.175. The fourth-order valence-electron chi connectivity index (χ4n) is 3.32. The van der Waals surface area contributed by atoms with Gasteiger partial charge in [0.1, 0.15) is 5.75 Å². The number of para-hydroxylation sites is 1. The lowest BCUT2D eigenvalue weighted by molar-refractivity contribution is 0.0976. The van der Waals surface area contributed by atoms with Crippen LogP contribution < -0.4 is 19.5 Å². The summed E-state index contributed by atoms with van der Waals surface area (Å²) in [5.41, 5.74) is 2.59. The molecule has 0 aromatic heterocycles. The molecule has 1 N–H and O–H groups in total. The zero-order valence-corrected chi connectivity index (χ0v) is 16.3. The molecule has 0 bridgehead atoms. The first-order chi connectivity index (χ1) is 14.2. The molecule has 1 unspecified atom stereocenters. The second-order valence-corrected chi connectivity index (χ2v) is 6.76. The van der Waals surface area contributed by atoms with Gasteiger partial charge in [-0.2, -0.15) is 0 Å². The molecule has 1 aliphatic rings. The van der Waals surface area contributed by atoms with E-state index in [1.54, 1.807) is 18.2 Å². The SMILES string of the molecule is CCOc1ccc(C(CC(=O)c2ccc3c(c2)OCO3)Nc2ccccc2)cc1. The predicted molar refractivity (Wildman–Crippen MR) is 112 cm³/mol. The van der Waals surface area contributed by atoms with Crippen LogP contribution in [0.1, 0.15) is 35.3 Å². The summed E-state index contributed by atoms with van der Waals surface area (Å²) < 4.78 is 16.3. The van der Waals surface area contributed by atoms with Crippen LogP contribution in [-0.2, 0) is 0 Å². The van der Waals surface area contributed by atoms with E-state index in [1.165, 1.54) is 0 Å². The maximum atomic E-state index is 13.0. The van der Waals surface area contributed by atoms with Gasteiger partial charge in [-0.05, 0) is 55.0 Å². The molecule has 1 heterocycles. The zero-order chi connectivity index (χ0) is 20.1. The lowest BCUT2D eigenvalue weighted by Gasteiger charge is -2.20. The molecule has 0 spiro atoms. The Bertz CT molecular complexity index is 970. The van der Waals surface area contributed by atoms with E-state index in [0.717, 1.165) is 17.0 Å². The number of ketones is 1. The van der Waals surface area contributed by atoms with Crippen molar-refractivity contribution in [3.05, 3.63) is 83.9 Å². The first-order valence-electron chi connectivity index (χ1n) is 9.70. The van der Waals surface area contributed by atoms with E-state index in [0.29, 0.717) is 30.1 Å². The van der Waals surface area contributed by atoms with Crippen LogP contribution in [0.2, 0.25) is 0 Å². The summed E-state index contributed by atoms with van der Waals surface area (Å²) in [4.78, 5) is 13.0. The fourth-order valence-corrected chi connectivity index (χ4v) is 3.32. The summed E-state index contributed by atoms with van der Waals surface area (Å²) in [6, 6.07) is 22.9. The molecular weight excluding hydrogens is 366 g/mol. The number of anilines is 1. The Morgan fingerprint density at radius 1 is 1.00 bits per heavy atom. The molecule has 0 saturated heterocycles. The Morgan fingerprint density at radius 3 is 2.52 bits per heavy atom. The third kappa shape index (κ3) is 4.51. The summed E-state index contributed by atoms with van der Waals surface area (Å²) in [7, 11) is 0. The van der Waals surface area contributed by atoms with E-state index < -0.39 is 0 Å². The Labute approximate surface area is 170 Å². The summed E-state index contributed by atoms with van der Waals surface area (Å²) in [5.74, 6) is 2.14. The van der Waals surface area contributed by atoms with Crippen LogP contribution in [0.5, 0.6) is 17.2 Å². The molecule has 0 aliphatic carbocycles. The highest BCUT2D eigenvalue weighted by Crippen LogP contribution is 2.34. The van der Waals surface area contributed by atoms with E-state index in [2.05, 4.69) is 5.32 Å². The number of fused-ring (bicyclic) bond motifs is 1. The highest BCUT2D eigenvalue weighted by molar-refractivity contribution is 5.97. The zero-order valence-electron chi connectivity index (χ0n) is 16.3. The first-order valence-corrected chi connectivity index (χ1v) is 9.70. The largest absolute Gasteiger partial charge is 0.494 e. The quantitative estimate of drug-likeness (QED) is 0.534.